The van der Waals surface area contributed by atoms with Crippen molar-refractivity contribution in [2.45, 2.75) is 17.1 Å². The molecule has 0 aliphatic heterocycles. The molecule has 140 valence electrons. The summed E-state index contributed by atoms with van der Waals surface area (Å²) in [6.07, 6.45) is 1.13. The maximum Gasteiger partial charge on any atom is 0.237 e. The summed E-state index contributed by atoms with van der Waals surface area (Å²) in [4.78, 5) is 13.4. The van der Waals surface area contributed by atoms with Crippen molar-refractivity contribution < 1.29 is 17.9 Å². The fourth-order valence-corrected chi connectivity index (χ4v) is 3.49. The number of methoxy groups -OCH3 is 1. The van der Waals surface area contributed by atoms with E-state index < -0.39 is 10.0 Å². The first kappa shape index (κ1) is 20.1. The van der Waals surface area contributed by atoms with Gasteiger partial charge in [-0.05, 0) is 49.4 Å². The number of ether oxygens (including phenoxy) is 1. The Bertz CT molecular complexity index is 867. The molecule has 0 spiro atoms. The molecule has 0 saturated heterocycles. The van der Waals surface area contributed by atoms with Crippen LogP contribution in [0.2, 0.25) is 0 Å². The predicted octanol–water partition coefficient (Wildman–Crippen LogP) is 3.21. The lowest BCUT2D eigenvalue weighted by Crippen LogP contribution is -2.25. The average Bonchev–Trinajstić information content (AvgIpc) is 2.61. The molecule has 0 aliphatic carbocycles. The monoisotopic (exact) mass is 394 g/mol. The van der Waals surface area contributed by atoms with Crippen molar-refractivity contribution >= 4 is 39.1 Å². The minimum Gasteiger partial charge on any atom is -0.497 e. The maximum atomic E-state index is 12.4. The van der Waals surface area contributed by atoms with Crippen LogP contribution in [0.15, 0.2) is 53.4 Å². The van der Waals surface area contributed by atoms with Gasteiger partial charge in [0, 0.05) is 17.6 Å². The van der Waals surface area contributed by atoms with Gasteiger partial charge in [0.05, 0.1) is 24.3 Å². The lowest BCUT2D eigenvalue weighted by molar-refractivity contribution is -0.115. The normalized spacial score (nSPS) is 12.3. The molecule has 2 aromatic rings. The number of carbonyl (C=O) groups excluding carboxylic acids is 1. The van der Waals surface area contributed by atoms with Crippen molar-refractivity contribution in [2.75, 3.05) is 30.0 Å². The van der Waals surface area contributed by atoms with E-state index in [-0.39, 0.29) is 11.2 Å². The first-order valence-electron chi connectivity index (χ1n) is 7.86. The van der Waals surface area contributed by atoms with Gasteiger partial charge in [-0.25, -0.2) is 8.42 Å². The molecule has 0 aromatic heterocycles. The van der Waals surface area contributed by atoms with Crippen LogP contribution in [0.3, 0.4) is 0 Å². The Balaban J connectivity index is 2.04. The Morgan fingerprint density at radius 1 is 1.19 bits per heavy atom. The molecule has 0 fully saturated rings. The number of nitrogens with one attached hydrogen (secondary N) is 1. The topological polar surface area (TPSA) is 75.7 Å². The molecule has 1 N–H and O–H groups in total. The van der Waals surface area contributed by atoms with Gasteiger partial charge in [-0.15, -0.1) is 11.8 Å². The van der Waals surface area contributed by atoms with Gasteiger partial charge in [-0.3, -0.25) is 9.10 Å². The predicted molar refractivity (Wildman–Crippen MR) is 107 cm³/mol. The third-order valence-electron chi connectivity index (χ3n) is 3.72. The van der Waals surface area contributed by atoms with E-state index in [1.54, 1.807) is 31.4 Å². The van der Waals surface area contributed by atoms with Gasteiger partial charge in [0.25, 0.3) is 0 Å². The second-order valence-corrected chi connectivity index (χ2v) is 9.13. The van der Waals surface area contributed by atoms with Gasteiger partial charge in [0.15, 0.2) is 0 Å². The number of hydrogen-bond donors (Lipinski definition) is 1. The Kier molecular flexibility index (Phi) is 6.55. The third-order valence-corrected chi connectivity index (χ3v) is 6.03. The van der Waals surface area contributed by atoms with E-state index in [1.165, 1.54) is 18.8 Å². The average molecular weight is 395 g/mol. The highest BCUT2D eigenvalue weighted by molar-refractivity contribution is 8.00. The number of thioether (sulfide) groups is 1. The highest BCUT2D eigenvalue weighted by Crippen LogP contribution is 2.27. The lowest BCUT2D eigenvalue weighted by atomic mass is 10.2. The molecule has 0 bridgehead atoms. The Morgan fingerprint density at radius 3 is 2.42 bits per heavy atom. The van der Waals surface area contributed by atoms with Crippen LogP contribution in [0.5, 0.6) is 5.75 Å². The van der Waals surface area contributed by atoms with Gasteiger partial charge in [0.1, 0.15) is 5.75 Å². The molecule has 2 rings (SSSR count). The first-order valence-corrected chi connectivity index (χ1v) is 10.6. The van der Waals surface area contributed by atoms with Crippen LogP contribution < -0.4 is 14.4 Å². The summed E-state index contributed by atoms with van der Waals surface area (Å²) in [5.74, 6) is 0.600. The van der Waals surface area contributed by atoms with Crippen LogP contribution in [0.25, 0.3) is 0 Å². The van der Waals surface area contributed by atoms with Crippen molar-refractivity contribution in [3.05, 3.63) is 48.5 Å². The van der Waals surface area contributed by atoms with Crippen LogP contribution in [-0.4, -0.2) is 40.0 Å². The molecule has 0 heterocycles. The van der Waals surface area contributed by atoms with E-state index in [0.29, 0.717) is 11.4 Å². The number of anilines is 2. The Labute approximate surface area is 158 Å². The van der Waals surface area contributed by atoms with Gasteiger partial charge >= 0.3 is 0 Å². The summed E-state index contributed by atoms with van der Waals surface area (Å²) in [6.45, 7) is 1.82. The minimum absolute atomic E-state index is 0.162. The molecule has 1 atom stereocenters. The largest absolute Gasteiger partial charge is 0.497 e. The zero-order valence-corrected chi connectivity index (χ0v) is 16.7. The number of rotatable bonds is 7. The van der Waals surface area contributed by atoms with E-state index >= 15 is 0 Å². The highest BCUT2D eigenvalue weighted by atomic mass is 32.2. The Hall–Kier alpha value is -2.19. The zero-order chi connectivity index (χ0) is 19.3. The quantitative estimate of drug-likeness (QED) is 0.730. The second kappa shape index (κ2) is 8.46. The van der Waals surface area contributed by atoms with E-state index in [1.807, 2.05) is 31.2 Å². The zero-order valence-electron chi connectivity index (χ0n) is 15.1. The van der Waals surface area contributed by atoms with Gasteiger partial charge < -0.3 is 10.1 Å². The number of hydrogen-bond acceptors (Lipinski definition) is 5. The first-order chi connectivity index (χ1) is 12.2. The summed E-state index contributed by atoms with van der Waals surface area (Å²) in [5.41, 5.74) is 1.03. The smallest absolute Gasteiger partial charge is 0.237 e. The molecule has 6 nitrogen and oxygen atoms in total. The van der Waals surface area contributed by atoms with Gasteiger partial charge in [-0.2, -0.15) is 0 Å². The number of amides is 1. The molecule has 26 heavy (non-hydrogen) atoms. The van der Waals surface area contributed by atoms with Crippen LogP contribution >= 0.6 is 11.8 Å². The molecular formula is C18H22N2O4S2. The maximum absolute atomic E-state index is 12.4. The number of nitrogens with zero attached hydrogens (tertiary/aromatic N) is 1. The summed E-state index contributed by atoms with van der Waals surface area (Å²) in [6, 6.07) is 14.2. The molecule has 1 unspecified atom stereocenters. The summed E-state index contributed by atoms with van der Waals surface area (Å²) in [7, 11) is -0.282. The summed E-state index contributed by atoms with van der Waals surface area (Å²) < 4.78 is 29.6. The number of benzene rings is 2. The third kappa shape index (κ3) is 5.40. The molecule has 2 aromatic carbocycles. The van der Waals surface area contributed by atoms with Crippen LogP contribution in [0, 0.1) is 0 Å². The van der Waals surface area contributed by atoms with Gasteiger partial charge in [-0.1, -0.05) is 6.07 Å². The molecule has 0 radical (unpaired) electrons. The summed E-state index contributed by atoms with van der Waals surface area (Å²) in [5, 5.41) is 2.51. The van der Waals surface area contributed by atoms with E-state index in [2.05, 4.69) is 5.32 Å². The fraction of sp³-hybridized carbons (Fsp3) is 0.278. The fourth-order valence-electron chi connectivity index (χ4n) is 2.13. The van der Waals surface area contributed by atoms with Crippen molar-refractivity contribution in [2.24, 2.45) is 0 Å². The number of sulfonamides is 1. The van der Waals surface area contributed by atoms with E-state index in [9.17, 15) is 13.2 Å². The van der Waals surface area contributed by atoms with Crippen molar-refractivity contribution in [1.29, 1.82) is 0 Å². The van der Waals surface area contributed by atoms with Crippen LogP contribution in [0.4, 0.5) is 11.4 Å². The molecule has 8 heteroatoms. The molecule has 1 amide bonds. The standard InChI is InChI=1S/C18H22N2O4S2/c1-13(25-17-10-8-16(24-3)9-11-17)18(21)19-14-6-5-7-15(12-14)20(2)26(4,22)23/h5-13H,1-4H3,(H,19,21). The second-order valence-electron chi connectivity index (χ2n) is 5.71. The minimum atomic E-state index is -3.36. The number of carbonyl (C=O) groups is 1. The molecular weight excluding hydrogens is 372 g/mol. The lowest BCUT2D eigenvalue weighted by Gasteiger charge is -2.18. The van der Waals surface area contributed by atoms with Crippen LogP contribution in [-0.2, 0) is 14.8 Å². The van der Waals surface area contributed by atoms with Crippen LogP contribution in [0.1, 0.15) is 6.92 Å². The van der Waals surface area contributed by atoms with Crippen molar-refractivity contribution in [3.8, 4) is 5.75 Å². The molecule has 0 aliphatic rings. The van der Waals surface area contributed by atoms with Crippen molar-refractivity contribution in [3.63, 3.8) is 0 Å². The SMILES string of the molecule is COc1ccc(SC(C)C(=O)Nc2cccc(N(C)S(C)(=O)=O)c2)cc1. The van der Waals surface area contributed by atoms with E-state index in [4.69, 9.17) is 4.74 Å². The molecule has 0 saturated carbocycles. The van der Waals surface area contributed by atoms with Gasteiger partial charge in [0.2, 0.25) is 15.9 Å². The van der Waals surface area contributed by atoms with Crippen molar-refractivity contribution in [1.82, 2.24) is 0 Å². The van der Waals surface area contributed by atoms with E-state index in [0.717, 1.165) is 21.2 Å². The highest BCUT2D eigenvalue weighted by Gasteiger charge is 2.16. The Morgan fingerprint density at radius 2 is 1.85 bits per heavy atom. The summed E-state index contributed by atoms with van der Waals surface area (Å²) >= 11 is 1.43.